The Morgan fingerprint density at radius 3 is 2.50 bits per heavy atom. The van der Waals surface area contributed by atoms with E-state index in [1.807, 2.05) is 30.9 Å². The lowest BCUT2D eigenvalue weighted by atomic mass is 10.1. The molecule has 0 heterocycles. The highest BCUT2D eigenvalue weighted by atomic mass is 32.2. The molecule has 1 N–H and O–H groups in total. The Morgan fingerprint density at radius 1 is 1.20 bits per heavy atom. The molecule has 1 atom stereocenters. The van der Waals surface area contributed by atoms with E-state index in [1.54, 1.807) is 14.2 Å². The number of hydrogen-bond acceptors (Lipinski definition) is 4. The molecule has 0 aliphatic heterocycles. The highest BCUT2D eigenvalue weighted by Gasteiger charge is 2.15. The Labute approximate surface area is 127 Å². The Balaban J connectivity index is 2.72. The van der Waals surface area contributed by atoms with Crippen molar-refractivity contribution >= 4 is 11.8 Å². The van der Waals surface area contributed by atoms with E-state index in [9.17, 15) is 0 Å². The van der Waals surface area contributed by atoms with Crippen molar-refractivity contribution in [3.8, 4) is 11.5 Å². The molecule has 0 amide bonds. The molecule has 0 aliphatic rings. The summed E-state index contributed by atoms with van der Waals surface area (Å²) < 4.78 is 10.8. The van der Waals surface area contributed by atoms with E-state index in [0.717, 1.165) is 28.7 Å². The second-order valence-electron chi connectivity index (χ2n) is 5.21. The van der Waals surface area contributed by atoms with Gasteiger partial charge >= 0.3 is 0 Å². The van der Waals surface area contributed by atoms with Crippen LogP contribution in [-0.4, -0.2) is 32.8 Å². The van der Waals surface area contributed by atoms with E-state index >= 15 is 0 Å². The maximum absolute atomic E-state index is 5.47. The molecule has 0 aliphatic carbocycles. The van der Waals surface area contributed by atoms with Crippen molar-refractivity contribution in [2.45, 2.75) is 26.3 Å². The number of hydrogen-bond donors (Lipinski definition) is 1. The smallest absolute Gasteiger partial charge is 0.123 e. The van der Waals surface area contributed by atoms with Gasteiger partial charge in [0.2, 0.25) is 0 Å². The second kappa shape index (κ2) is 9.14. The minimum Gasteiger partial charge on any atom is -0.497 e. The van der Waals surface area contributed by atoms with Crippen LogP contribution in [0.25, 0.3) is 0 Å². The van der Waals surface area contributed by atoms with Crippen LogP contribution < -0.4 is 14.8 Å². The van der Waals surface area contributed by atoms with Gasteiger partial charge in [0.1, 0.15) is 11.5 Å². The molecule has 20 heavy (non-hydrogen) atoms. The molecule has 1 aromatic rings. The molecule has 0 radical (unpaired) electrons. The summed E-state index contributed by atoms with van der Waals surface area (Å²) in [4.78, 5) is 0. The first-order valence-electron chi connectivity index (χ1n) is 7.09. The lowest BCUT2D eigenvalue weighted by Gasteiger charge is -2.20. The van der Waals surface area contributed by atoms with Crippen LogP contribution in [0.2, 0.25) is 0 Å². The van der Waals surface area contributed by atoms with Crippen molar-refractivity contribution in [2.24, 2.45) is 5.92 Å². The van der Waals surface area contributed by atoms with Gasteiger partial charge < -0.3 is 14.8 Å². The van der Waals surface area contributed by atoms with Crippen molar-refractivity contribution in [3.05, 3.63) is 23.8 Å². The van der Waals surface area contributed by atoms with Crippen LogP contribution in [0.3, 0.4) is 0 Å². The van der Waals surface area contributed by atoms with Crippen LogP contribution in [0, 0.1) is 5.92 Å². The zero-order chi connectivity index (χ0) is 15.0. The van der Waals surface area contributed by atoms with E-state index in [0.29, 0.717) is 0 Å². The van der Waals surface area contributed by atoms with Crippen molar-refractivity contribution in [1.82, 2.24) is 5.32 Å². The van der Waals surface area contributed by atoms with Crippen molar-refractivity contribution in [2.75, 3.05) is 32.8 Å². The normalized spacial score (nSPS) is 12.5. The predicted molar refractivity (Wildman–Crippen MR) is 88.1 cm³/mol. The molecule has 0 aromatic heterocycles. The Bertz CT molecular complexity index is 396. The van der Waals surface area contributed by atoms with Crippen LogP contribution in [0.4, 0.5) is 0 Å². The summed E-state index contributed by atoms with van der Waals surface area (Å²) in [7, 11) is 5.40. The van der Waals surface area contributed by atoms with E-state index in [2.05, 4.69) is 25.2 Å². The summed E-state index contributed by atoms with van der Waals surface area (Å²) in [6.07, 6.45) is 1.26. The van der Waals surface area contributed by atoms with Crippen molar-refractivity contribution < 1.29 is 9.47 Å². The summed E-state index contributed by atoms with van der Waals surface area (Å²) in [6, 6.07) is 6.23. The van der Waals surface area contributed by atoms with Gasteiger partial charge in [0.05, 0.1) is 14.2 Å². The van der Waals surface area contributed by atoms with Crippen molar-refractivity contribution in [1.29, 1.82) is 0 Å². The number of thioether (sulfide) groups is 1. The van der Waals surface area contributed by atoms with Crippen LogP contribution in [0.15, 0.2) is 18.2 Å². The summed E-state index contributed by atoms with van der Waals surface area (Å²) in [5, 5.41) is 3.38. The SMILES string of the molecule is CNC(CSCCC(C)C)c1cc(OC)ccc1OC. The van der Waals surface area contributed by atoms with Gasteiger partial charge in [-0.2, -0.15) is 11.8 Å². The fourth-order valence-corrected chi connectivity index (χ4v) is 3.35. The first-order valence-corrected chi connectivity index (χ1v) is 8.24. The summed E-state index contributed by atoms with van der Waals surface area (Å²) in [5.74, 6) is 4.78. The monoisotopic (exact) mass is 297 g/mol. The van der Waals surface area contributed by atoms with Gasteiger partial charge in [-0.3, -0.25) is 0 Å². The van der Waals surface area contributed by atoms with Gasteiger partial charge in [-0.05, 0) is 43.3 Å². The molecule has 0 spiro atoms. The van der Waals surface area contributed by atoms with Crippen LogP contribution in [0.1, 0.15) is 31.9 Å². The minimum absolute atomic E-state index is 0.275. The second-order valence-corrected chi connectivity index (χ2v) is 6.36. The van der Waals surface area contributed by atoms with Crippen LogP contribution in [0.5, 0.6) is 11.5 Å². The zero-order valence-corrected chi connectivity index (χ0v) is 14.0. The third-order valence-electron chi connectivity index (χ3n) is 3.28. The highest BCUT2D eigenvalue weighted by molar-refractivity contribution is 7.99. The van der Waals surface area contributed by atoms with Gasteiger partial charge in [-0.25, -0.2) is 0 Å². The summed E-state index contributed by atoms with van der Waals surface area (Å²) in [5.41, 5.74) is 1.16. The fraction of sp³-hybridized carbons (Fsp3) is 0.625. The first kappa shape index (κ1) is 17.2. The number of nitrogens with one attached hydrogen (secondary N) is 1. The molecule has 0 fully saturated rings. The number of benzene rings is 1. The van der Waals surface area contributed by atoms with Gasteiger partial charge in [0.15, 0.2) is 0 Å². The lowest BCUT2D eigenvalue weighted by molar-refractivity contribution is 0.394. The van der Waals surface area contributed by atoms with E-state index in [4.69, 9.17) is 9.47 Å². The average Bonchev–Trinajstić information content (AvgIpc) is 2.46. The fourth-order valence-electron chi connectivity index (χ4n) is 1.96. The molecule has 3 nitrogen and oxygen atoms in total. The number of ether oxygens (including phenoxy) is 2. The summed E-state index contributed by atoms with van der Waals surface area (Å²) >= 11 is 1.98. The largest absolute Gasteiger partial charge is 0.497 e. The topological polar surface area (TPSA) is 30.5 Å². The highest BCUT2D eigenvalue weighted by Crippen LogP contribution is 2.31. The lowest BCUT2D eigenvalue weighted by Crippen LogP contribution is -2.20. The van der Waals surface area contributed by atoms with E-state index in [-0.39, 0.29) is 6.04 Å². The van der Waals surface area contributed by atoms with Crippen molar-refractivity contribution in [3.63, 3.8) is 0 Å². The quantitative estimate of drug-likeness (QED) is 0.703. The maximum Gasteiger partial charge on any atom is 0.123 e. The zero-order valence-electron chi connectivity index (χ0n) is 13.2. The molecule has 0 bridgehead atoms. The minimum atomic E-state index is 0.275. The molecular formula is C16H27NO2S. The number of rotatable bonds is 9. The molecule has 4 heteroatoms. The molecule has 0 saturated heterocycles. The molecule has 114 valence electrons. The average molecular weight is 297 g/mol. The predicted octanol–water partition coefficient (Wildman–Crippen LogP) is 3.74. The molecular weight excluding hydrogens is 270 g/mol. The van der Waals surface area contributed by atoms with Crippen LogP contribution in [-0.2, 0) is 0 Å². The molecule has 0 saturated carbocycles. The Morgan fingerprint density at radius 2 is 1.95 bits per heavy atom. The number of methoxy groups -OCH3 is 2. The van der Waals surface area contributed by atoms with E-state index < -0.39 is 0 Å². The molecule has 1 aromatic carbocycles. The third kappa shape index (κ3) is 5.25. The van der Waals surface area contributed by atoms with Gasteiger partial charge in [0, 0.05) is 17.4 Å². The standard InChI is InChI=1S/C16H27NO2S/c1-12(2)8-9-20-11-15(17-3)14-10-13(18-4)6-7-16(14)19-5/h6-7,10,12,15,17H,8-9,11H2,1-5H3. The van der Waals surface area contributed by atoms with Gasteiger partial charge in [0.25, 0.3) is 0 Å². The Kier molecular flexibility index (Phi) is 7.85. The van der Waals surface area contributed by atoms with Gasteiger partial charge in [-0.15, -0.1) is 0 Å². The van der Waals surface area contributed by atoms with E-state index in [1.165, 1.54) is 12.2 Å². The Hall–Kier alpha value is -0.870. The molecule has 1 rings (SSSR count). The maximum atomic E-state index is 5.47. The summed E-state index contributed by atoms with van der Waals surface area (Å²) in [6.45, 7) is 4.53. The third-order valence-corrected chi connectivity index (χ3v) is 4.38. The first-order chi connectivity index (χ1) is 9.62. The molecule has 1 unspecified atom stereocenters. The van der Waals surface area contributed by atoms with Gasteiger partial charge in [-0.1, -0.05) is 13.8 Å². The van der Waals surface area contributed by atoms with Crippen LogP contribution >= 0.6 is 11.8 Å².